The first-order valence-electron chi connectivity index (χ1n) is 5.49. The summed E-state index contributed by atoms with van der Waals surface area (Å²) in [5.41, 5.74) is 6.99. The Hall–Kier alpha value is -1.75. The lowest BCUT2D eigenvalue weighted by Crippen LogP contribution is -2.15. The third-order valence-electron chi connectivity index (χ3n) is 2.46. The topological polar surface area (TPSA) is 68.3 Å². The van der Waals surface area contributed by atoms with Gasteiger partial charge in [0.25, 0.3) is 0 Å². The Balaban J connectivity index is 2.06. The number of furan rings is 1. The average molecular weight is 309 g/mol. The normalized spacial score (nSPS) is 10.3. The van der Waals surface area contributed by atoms with E-state index in [9.17, 15) is 4.79 Å². The van der Waals surface area contributed by atoms with Gasteiger partial charge in [-0.05, 0) is 39.7 Å². The van der Waals surface area contributed by atoms with Crippen molar-refractivity contribution in [3.63, 3.8) is 0 Å². The molecule has 94 valence electrons. The standard InChI is InChI=1S/C13H13BrN2O2/c14-12-6-5-10(18-12)8-16-11-4-2-1-3-9(11)7-13(15)17/h1-6,16H,7-8H2,(H2,15,17). The molecule has 0 spiro atoms. The minimum absolute atomic E-state index is 0.227. The zero-order valence-electron chi connectivity index (χ0n) is 9.65. The van der Waals surface area contributed by atoms with E-state index in [1.165, 1.54) is 0 Å². The van der Waals surface area contributed by atoms with Crippen LogP contribution in [0.2, 0.25) is 0 Å². The Labute approximate surface area is 113 Å². The van der Waals surface area contributed by atoms with Crippen LogP contribution in [0.3, 0.4) is 0 Å². The van der Waals surface area contributed by atoms with Gasteiger partial charge >= 0.3 is 0 Å². The Bertz CT molecular complexity index is 551. The maximum Gasteiger partial charge on any atom is 0.221 e. The van der Waals surface area contributed by atoms with Gasteiger partial charge in [-0.15, -0.1) is 0 Å². The van der Waals surface area contributed by atoms with E-state index in [0.29, 0.717) is 11.2 Å². The first-order chi connectivity index (χ1) is 8.65. The summed E-state index contributed by atoms with van der Waals surface area (Å²) in [4.78, 5) is 11.0. The van der Waals surface area contributed by atoms with Crippen molar-refractivity contribution in [3.05, 3.63) is 52.4 Å². The molecule has 4 nitrogen and oxygen atoms in total. The van der Waals surface area contributed by atoms with Crippen LogP contribution in [-0.2, 0) is 17.8 Å². The van der Waals surface area contributed by atoms with Gasteiger partial charge < -0.3 is 15.5 Å². The zero-order chi connectivity index (χ0) is 13.0. The summed E-state index contributed by atoms with van der Waals surface area (Å²) in [7, 11) is 0. The summed E-state index contributed by atoms with van der Waals surface area (Å²) in [6, 6.07) is 11.3. The van der Waals surface area contributed by atoms with Gasteiger partial charge in [0.1, 0.15) is 5.76 Å². The zero-order valence-corrected chi connectivity index (χ0v) is 11.2. The maximum atomic E-state index is 11.0. The van der Waals surface area contributed by atoms with Gasteiger partial charge in [-0.2, -0.15) is 0 Å². The summed E-state index contributed by atoms with van der Waals surface area (Å²) < 4.78 is 6.09. The highest BCUT2D eigenvalue weighted by Crippen LogP contribution is 2.19. The highest BCUT2D eigenvalue weighted by molar-refractivity contribution is 9.10. The molecule has 1 aromatic carbocycles. The molecule has 0 aliphatic heterocycles. The number of rotatable bonds is 5. The van der Waals surface area contributed by atoms with Crippen molar-refractivity contribution >= 4 is 27.5 Å². The molecule has 0 radical (unpaired) electrons. The van der Waals surface area contributed by atoms with Crippen molar-refractivity contribution in [2.45, 2.75) is 13.0 Å². The molecule has 0 saturated carbocycles. The first kappa shape index (κ1) is 12.7. The number of para-hydroxylation sites is 1. The minimum Gasteiger partial charge on any atom is -0.452 e. The second kappa shape index (κ2) is 5.73. The molecule has 2 aromatic rings. The lowest BCUT2D eigenvalue weighted by atomic mass is 10.1. The van der Waals surface area contributed by atoms with Crippen molar-refractivity contribution < 1.29 is 9.21 Å². The van der Waals surface area contributed by atoms with E-state index in [2.05, 4.69) is 21.2 Å². The summed E-state index contributed by atoms with van der Waals surface area (Å²) in [5, 5.41) is 3.23. The molecular weight excluding hydrogens is 296 g/mol. The van der Waals surface area contributed by atoms with Gasteiger partial charge in [0, 0.05) is 5.69 Å². The van der Waals surface area contributed by atoms with Crippen LogP contribution in [0.1, 0.15) is 11.3 Å². The third-order valence-corrected chi connectivity index (χ3v) is 2.89. The average Bonchev–Trinajstić information content (AvgIpc) is 2.73. The van der Waals surface area contributed by atoms with Crippen LogP contribution in [-0.4, -0.2) is 5.91 Å². The fraction of sp³-hybridized carbons (Fsp3) is 0.154. The Morgan fingerprint density at radius 3 is 2.72 bits per heavy atom. The molecule has 0 atom stereocenters. The molecule has 2 rings (SSSR count). The molecule has 1 heterocycles. The van der Waals surface area contributed by atoms with Crippen molar-refractivity contribution in [2.75, 3.05) is 5.32 Å². The second-order valence-electron chi connectivity index (χ2n) is 3.86. The number of nitrogens with two attached hydrogens (primary N) is 1. The molecule has 1 amide bonds. The van der Waals surface area contributed by atoms with E-state index in [1.807, 2.05) is 36.4 Å². The fourth-order valence-electron chi connectivity index (χ4n) is 1.66. The number of halogens is 1. The Morgan fingerprint density at radius 2 is 2.06 bits per heavy atom. The second-order valence-corrected chi connectivity index (χ2v) is 4.64. The molecular formula is C13H13BrN2O2. The summed E-state index contributed by atoms with van der Waals surface area (Å²) in [6.07, 6.45) is 0.227. The predicted octanol–water partition coefficient (Wildman–Crippen LogP) is 2.68. The Morgan fingerprint density at radius 1 is 1.28 bits per heavy atom. The van der Waals surface area contributed by atoms with Gasteiger partial charge in [-0.25, -0.2) is 0 Å². The predicted molar refractivity (Wildman–Crippen MR) is 73.1 cm³/mol. The first-order valence-corrected chi connectivity index (χ1v) is 6.29. The number of anilines is 1. The molecule has 0 saturated heterocycles. The van der Waals surface area contributed by atoms with E-state index in [0.717, 1.165) is 17.0 Å². The highest BCUT2D eigenvalue weighted by atomic mass is 79.9. The van der Waals surface area contributed by atoms with Crippen molar-refractivity contribution in [1.82, 2.24) is 0 Å². The van der Waals surface area contributed by atoms with Gasteiger partial charge in [0.15, 0.2) is 4.67 Å². The monoisotopic (exact) mass is 308 g/mol. The van der Waals surface area contributed by atoms with Gasteiger partial charge in [-0.1, -0.05) is 18.2 Å². The molecule has 0 aliphatic rings. The molecule has 0 aliphatic carbocycles. The smallest absolute Gasteiger partial charge is 0.221 e. The van der Waals surface area contributed by atoms with E-state index >= 15 is 0 Å². The number of hydrogen-bond donors (Lipinski definition) is 2. The van der Waals surface area contributed by atoms with Crippen molar-refractivity contribution in [1.29, 1.82) is 0 Å². The number of benzene rings is 1. The fourth-order valence-corrected chi connectivity index (χ4v) is 2.00. The van der Waals surface area contributed by atoms with Crippen molar-refractivity contribution in [3.8, 4) is 0 Å². The van der Waals surface area contributed by atoms with Crippen LogP contribution in [0.5, 0.6) is 0 Å². The number of carbonyl (C=O) groups is 1. The van der Waals surface area contributed by atoms with Crippen LogP contribution in [0.4, 0.5) is 5.69 Å². The van der Waals surface area contributed by atoms with Gasteiger partial charge in [0.05, 0.1) is 13.0 Å². The van der Waals surface area contributed by atoms with Crippen LogP contribution in [0, 0.1) is 0 Å². The van der Waals surface area contributed by atoms with E-state index < -0.39 is 0 Å². The molecule has 1 aromatic heterocycles. The SMILES string of the molecule is NC(=O)Cc1ccccc1NCc1ccc(Br)o1. The number of carbonyl (C=O) groups excluding carboxylic acids is 1. The van der Waals surface area contributed by atoms with Crippen LogP contribution >= 0.6 is 15.9 Å². The minimum atomic E-state index is -0.343. The van der Waals surface area contributed by atoms with Crippen LogP contribution < -0.4 is 11.1 Å². The lowest BCUT2D eigenvalue weighted by Gasteiger charge is -2.09. The Kier molecular flexibility index (Phi) is 4.04. The van der Waals surface area contributed by atoms with Gasteiger partial charge in [-0.3, -0.25) is 4.79 Å². The lowest BCUT2D eigenvalue weighted by molar-refractivity contribution is -0.117. The largest absolute Gasteiger partial charge is 0.452 e. The molecule has 0 bridgehead atoms. The molecule has 5 heteroatoms. The molecule has 18 heavy (non-hydrogen) atoms. The molecule has 0 unspecified atom stereocenters. The molecule has 0 fully saturated rings. The van der Waals surface area contributed by atoms with E-state index in [-0.39, 0.29) is 12.3 Å². The van der Waals surface area contributed by atoms with Crippen LogP contribution in [0.25, 0.3) is 0 Å². The summed E-state index contributed by atoms with van der Waals surface area (Å²) in [5.74, 6) is 0.473. The van der Waals surface area contributed by atoms with E-state index in [1.54, 1.807) is 0 Å². The maximum absolute atomic E-state index is 11.0. The van der Waals surface area contributed by atoms with Gasteiger partial charge in [0.2, 0.25) is 5.91 Å². The summed E-state index contributed by atoms with van der Waals surface area (Å²) >= 11 is 3.25. The van der Waals surface area contributed by atoms with E-state index in [4.69, 9.17) is 10.2 Å². The summed E-state index contributed by atoms with van der Waals surface area (Å²) in [6.45, 7) is 0.557. The third kappa shape index (κ3) is 3.37. The highest BCUT2D eigenvalue weighted by Gasteiger charge is 2.05. The van der Waals surface area contributed by atoms with Crippen LogP contribution in [0.15, 0.2) is 45.5 Å². The van der Waals surface area contributed by atoms with Crippen molar-refractivity contribution in [2.24, 2.45) is 5.73 Å². The molecule has 3 N–H and O–H groups in total. The number of primary amides is 1. The number of nitrogens with one attached hydrogen (secondary N) is 1. The number of hydrogen-bond acceptors (Lipinski definition) is 3. The number of amides is 1. The quantitative estimate of drug-likeness (QED) is 0.892.